The second-order valence-corrected chi connectivity index (χ2v) is 5.45. The molecule has 2 aromatic rings. The van der Waals surface area contributed by atoms with E-state index in [2.05, 4.69) is 30.1 Å². The third-order valence-electron chi connectivity index (χ3n) is 3.99. The van der Waals surface area contributed by atoms with E-state index in [1.807, 2.05) is 18.2 Å². The van der Waals surface area contributed by atoms with E-state index in [9.17, 15) is 5.11 Å². The summed E-state index contributed by atoms with van der Waals surface area (Å²) in [5.74, 6) is 0.752. The minimum absolute atomic E-state index is 0. The first-order chi connectivity index (χ1) is 10.3. The number of benzene rings is 1. The second-order valence-electron chi connectivity index (χ2n) is 5.45. The molecule has 0 bridgehead atoms. The minimum atomic E-state index is 0. The van der Waals surface area contributed by atoms with Crippen molar-refractivity contribution in [2.45, 2.75) is 51.9 Å². The van der Waals surface area contributed by atoms with Crippen molar-refractivity contribution in [1.82, 2.24) is 10.2 Å². The summed E-state index contributed by atoms with van der Waals surface area (Å²) in [7, 11) is 0. The smallest absolute Gasteiger partial charge is 0.125 e. The summed E-state index contributed by atoms with van der Waals surface area (Å²) in [5.41, 5.74) is 2.78. The number of hydrogen-bond donors (Lipinski definition) is 1. The van der Waals surface area contributed by atoms with Crippen molar-refractivity contribution < 1.29 is 5.11 Å². The van der Waals surface area contributed by atoms with Gasteiger partial charge < -0.3 is 5.11 Å². The normalized spacial score (nSPS) is 11.2. The molecule has 1 aromatic heterocycles. The molecule has 1 N–H and O–H groups in total. The van der Waals surface area contributed by atoms with Gasteiger partial charge in [0, 0.05) is 11.8 Å². The molecule has 128 valence electrons. The molecule has 1 aromatic carbocycles. The maximum absolute atomic E-state index is 10.3. The van der Waals surface area contributed by atoms with E-state index in [1.165, 1.54) is 24.8 Å². The molecule has 2 rings (SSSR count). The fourth-order valence-corrected chi connectivity index (χ4v) is 2.83. The minimum Gasteiger partial charge on any atom is -0.507 e. The Balaban J connectivity index is 0.00000242. The van der Waals surface area contributed by atoms with E-state index in [0.29, 0.717) is 11.7 Å². The molecule has 0 aliphatic heterocycles. The highest BCUT2D eigenvalue weighted by atomic mass is 35.5. The molecule has 3 nitrogen and oxygen atoms in total. The average molecular weight is 357 g/mol. The van der Waals surface area contributed by atoms with E-state index >= 15 is 0 Å². The van der Waals surface area contributed by atoms with Gasteiger partial charge in [-0.25, -0.2) is 0 Å². The van der Waals surface area contributed by atoms with E-state index in [4.69, 9.17) is 0 Å². The topological polar surface area (TPSA) is 46.0 Å². The zero-order chi connectivity index (χ0) is 15.1. The SMILES string of the molecule is CCCCCC(CC)c1cccc(O)c1-c1cccnn1.Cl.Cl. The van der Waals surface area contributed by atoms with Crippen LogP contribution in [0.1, 0.15) is 57.4 Å². The lowest BCUT2D eigenvalue weighted by atomic mass is 9.86. The standard InChI is InChI=1S/C18H24N2O.2ClH/c1-3-5-6-9-14(4-2)15-10-7-12-17(21)18(15)16-11-8-13-19-20-16;;/h7-8,10-14,21H,3-6,9H2,1-2H3;2*1H. The third kappa shape index (κ3) is 5.67. The lowest BCUT2D eigenvalue weighted by molar-refractivity contribution is 0.474. The first-order valence-electron chi connectivity index (χ1n) is 7.87. The summed E-state index contributed by atoms with van der Waals surface area (Å²) >= 11 is 0. The zero-order valence-corrected chi connectivity index (χ0v) is 15.4. The van der Waals surface area contributed by atoms with Crippen molar-refractivity contribution in [2.75, 3.05) is 0 Å². The van der Waals surface area contributed by atoms with Crippen LogP contribution < -0.4 is 0 Å². The van der Waals surface area contributed by atoms with Crippen LogP contribution in [0.3, 0.4) is 0 Å². The first kappa shape index (κ1) is 21.7. The van der Waals surface area contributed by atoms with Gasteiger partial charge in [0.2, 0.25) is 0 Å². The van der Waals surface area contributed by atoms with Crippen molar-refractivity contribution in [3.63, 3.8) is 0 Å². The molecule has 0 saturated heterocycles. The molecule has 0 spiro atoms. The van der Waals surface area contributed by atoms with Crippen molar-refractivity contribution in [3.05, 3.63) is 42.1 Å². The number of aromatic nitrogens is 2. The monoisotopic (exact) mass is 356 g/mol. The van der Waals surface area contributed by atoms with Gasteiger partial charge in [0.25, 0.3) is 0 Å². The number of rotatable bonds is 7. The molecule has 1 unspecified atom stereocenters. The molecular formula is C18H26Cl2N2O. The molecule has 5 heteroatoms. The van der Waals surface area contributed by atoms with Crippen LogP contribution in [-0.4, -0.2) is 15.3 Å². The van der Waals surface area contributed by atoms with Crippen LogP contribution in [0.4, 0.5) is 0 Å². The van der Waals surface area contributed by atoms with Gasteiger partial charge in [-0.2, -0.15) is 10.2 Å². The van der Waals surface area contributed by atoms with Crippen molar-refractivity contribution in [1.29, 1.82) is 0 Å². The van der Waals surface area contributed by atoms with E-state index in [0.717, 1.165) is 24.1 Å². The van der Waals surface area contributed by atoms with E-state index in [1.54, 1.807) is 12.3 Å². The third-order valence-corrected chi connectivity index (χ3v) is 3.99. The van der Waals surface area contributed by atoms with Gasteiger partial charge in [-0.3, -0.25) is 0 Å². The molecule has 0 aliphatic rings. The number of hydrogen-bond acceptors (Lipinski definition) is 3. The van der Waals surface area contributed by atoms with Gasteiger partial charge in [-0.15, -0.1) is 24.8 Å². The molecule has 0 fully saturated rings. The molecule has 23 heavy (non-hydrogen) atoms. The molecule has 0 radical (unpaired) electrons. The average Bonchev–Trinajstić information content (AvgIpc) is 2.52. The van der Waals surface area contributed by atoms with Gasteiger partial charge >= 0.3 is 0 Å². The Kier molecular flexibility index (Phi) is 10.6. The summed E-state index contributed by atoms with van der Waals surface area (Å²) in [6.07, 6.45) is 7.59. The largest absolute Gasteiger partial charge is 0.507 e. The molecule has 0 amide bonds. The number of phenolic OH excluding ortho intramolecular Hbond substituents is 1. The highest BCUT2D eigenvalue weighted by Gasteiger charge is 2.18. The predicted molar refractivity (Wildman–Crippen MR) is 101 cm³/mol. The van der Waals surface area contributed by atoms with Gasteiger partial charge in [-0.1, -0.05) is 45.2 Å². The highest BCUT2D eigenvalue weighted by molar-refractivity contribution is 5.85. The van der Waals surface area contributed by atoms with Gasteiger partial charge in [-0.05, 0) is 42.5 Å². The van der Waals surface area contributed by atoms with Crippen LogP contribution in [-0.2, 0) is 0 Å². The lowest BCUT2D eigenvalue weighted by Gasteiger charge is -2.19. The molecule has 1 heterocycles. The van der Waals surface area contributed by atoms with Crippen LogP contribution >= 0.6 is 24.8 Å². The van der Waals surface area contributed by atoms with Crippen molar-refractivity contribution in [2.24, 2.45) is 0 Å². The maximum atomic E-state index is 10.3. The van der Waals surface area contributed by atoms with Crippen LogP contribution in [0, 0.1) is 0 Å². The summed E-state index contributed by atoms with van der Waals surface area (Å²) < 4.78 is 0. The molecule has 0 aliphatic carbocycles. The zero-order valence-electron chi connectivity index (χ0n) is 13.7. The molecule has 0 saturated carbocycles. The maximum Gasteiger partial charge on any atom is 0.125 e. The first-order valence-corrected chi connectivity index (χ1v) is 7.87. The quantitative estimate of drug-likeness (QED) is 0.640. The number of nitrogens with zero attached hydrogens (tertiary/aromatic N) is 2. The van der Waals surface area contributed by atoms with Gasteiger partial charge in [0.05, 0.1) is 5.69 Å². The summed E-state index contributed by atoms with van der Waals surface area (Å²) in [4.78, 5) is 0. The van der Waals surface area contributed by atoms with Gasteiger partial charge in [0.15, 0.2) is 0 Å². The summed E-state index contributed by atoms with van der Waals surface area (Å²) in [6, 6.07) is 9.53. The second kappa shape index (κ2) is 11.3. The highest BCUT2D eigenvalue weighted by Crippen LogP contribution is 2.38. The molecular weight excluding hydrogens is 331 g/mol. The Morgan fingerprint density at radius 2 is 1.83 bits per heavy atom. The Morgan fingerprint density at radius 1 is 1.04 bits per heavy atom. The van der Waals surface area contributed by atoms with Crippen molar-refractivity contribution in [3.8, 4) is 17.0 Å². The number of halogens is 2. The Morgan fingerprint density at radius 3 is 2.43 bits per heavy atom. The fraction of sp³-hybridized carbons (Fsp3) is 0.444. The summed E-state index contributed by atoms with van der Waals surface area (Å²) in [6.45, 7) is 4.43. The van der Waals surface area contributed by atoms with Crippen LogP contribution in [0.25, 0.3) is 11.3 Å². The Hall–Kier alpha value is -1.32. The van der Waals surface area contributed by atoms with E-state index < -0.39 is 0 Å². The Bertz CT molecular complexity index is 564. The summed E-state index contributed by atoms with van der Waals surface area (Å²) in [5, 5.41) is 18.4. The number of phenols is 1. The Labute approximate surface area is 151 Å². The fourth-order valence-electron chi connectivity index (χ4n) is 2.83. The van der Waals surface area contributed by atoms with Gasteiger partial charge in [0.1, 0.15) is 5.75 Å². The lowest BCUT2D eigenvalue weighted by Crippen LogP contribution is -2.01. The van der Waals surface area contributed by atoms with Crippen LogP contribution in [0.15, 0.2) is 36.5 Å². The van der Waals surface area contributed by atoms with Crippen LogP contribution in [0.5, 0.6) is 5.75 Å². The molecule has 1 atom stereocenters. The van der Waals surface area contributed by atoms with E-state index in [-0.39, 0.29) is 24.8 Å². The number of aromatic hydroxyl groups is 1. The van der Waals surface area contributed by atoms with Crippen molar-refractivity contribution >= 4 is 24.8 Å². The predicted octanol–water partition coefficient (Wildman–Crippen LogP) is 5.77. The van der Waals surface area contributed by atoms with Crippen LogP contribution in [0.2, 0.25) is 0 Å². The number of unbranched alkanes of at least 4 members (excludes halogenated alkanes) is 2.